The highest BCUT2D eigenvalue weighted by Crippen LogP contribution is 2.44. The number of hydrogen-bond acceptors (Lipinski definition) is 1. The zero-order valence-electron chi connectivity index (χ0n) is 13.8. The van der Waals surface area contributed by atoms with Gasteiger partial charge in [0.15, 0.2) is 0 Å². The first-order chi connectivity index (χ1) is 12.0. The maximum atomic E-state index is 14.2. The predicted molar refractivity (Wildman–Crippen MR) is 84.6 cm³/mol. The van der Waals surface area contributed by atoms with Gasteiger partial charge in [-0.25, -0.2) is 8.91 Å². The third-order valence-corrected chi connectivity index (χ3v) is 4.12. The van der Waals surface area contributed by atoms with Gasteiger partial charge in [-0.3, -0.25) is 0 Å². The lowest BCUT2D eigenvalue weighted by molar-refractivity contribution is -0.289. The van der Waals surface area contributed by atoms with Gasteiger partial charge >= 0.3 is 12.1 Å². The SMILES string of the molecule is CC(C)c1ccn2nc(-c3ccc(C(F)(F)C(F)(F)F)cc3F)cc2c1. The van der Waals surface area contributed by atoms with Crippen molar-refractivity contribution < 1.29 is 26.3 Å². The average Bonchev–Trinajstić information content (AvgIpc) is 2.96. The van der Waals surface area contributed by atoms with Crippen LogP contribution in [-0.4, -0.2) is 15.8 Å². The fourth-order valence-electron chi connectivity index (χ4n) is 2.58. The number of nitrogens with zero attached hydrogens (tertiary/aromatic N) is 2. The Morgan fingerprint density at radius 2 is 1.65 bits per heavy atom. The van der Waals surface area contributed by atoms with Crippen molar-refractivity contribution in [3.8, 4) is 11.3 Å². The van der Waals surface area contributed by atoms with Gasteiger partial charge in [0.25, 0.3) is 0 Å². The molecular weight excluding hydrogens is 358 g/mol. The molecule has 0 spiro atoms. The lowest BCUT2D eigenvalue weighted by Gasteiger charge is -2.20. The van der Waals surface area contributed by atoms with E-state index in [-0.39, 0.29) is 23.2 Å². The van der Waals surface area contributed by atoms with Crippen LogP contribution < -0.4 is 0 Å². The fourth-order valence-corrected chi connectivity index (χ4v) is 2.58. The smallest absolute Gasteiger partial charge is 0.240 e. The number of hydrogen-bond donors (Lipinski definition) is 0. The topological polar surface area (TPSA) is 17.3 Å². The standard InChI is InChI=1S/C18H14F6N2/c1-10(2)11-5-6-26-13(7-11)9-16(25-26)14-4-3-12(8-15(14)19)17(20,21)18(22,23)24/h3-10H,1-2H3. The third kappa shape index (κ3) is 3.04. The highest BCUT2D eigenvalue weighted by atomic mass is 19.4. The Morgan fingerprint density at radius 3 is 2.23 bits per heavy atom. The average molecular weight is 372 g/mol. The third-order valence-electron chi connectivity index (χ3n) is 4.12. The molecule has 0 radical (unpaired) electrons. The molecule has 0 saturated carbocycles. The molecule has 3 rings (SSSR count). The highest BCUT2D eigenvalue weighted by Gasteiger charge is 2.58. The Kier molecular flexibility index (Phi) is 4.24. The summed E-state index contributed by atoms with van der Waals surface area (Å²) in [6.07, 6.45) is -4.12. The van der Waals surface area contributed by atoms with Gasteiger partial charge < -0.3 is 0 Å². The fraction of sp³-hybridized carbons (Fsp3) is 0.278. The van der Waals surface area contributed by atoms with Crippen LogP contribution in [0.4, 0.5) is 26.3 Å². The summed E-state index contributed by atoms with van der Waals surface area (Å²) in [7, 11) is 0. The number of rotatable bonds is 3. The molecule has 2 heterocycles. The van der Waals surface area contributed by atoms with E-state index in [1.165, 1.54) is 4.52 Å². The first-order valence-corrected chi connectivity index (χ1v) is 7.75. The summed E-state index contributed by atoms with van der Waals surface area (Å²) in [5.41, 5.74) is 0.240. The minimum absolute atomic E-state index is 0.144. The summed E-state index contributed by atoms with van der Waals surface area (Å²) in [5, 5.41) is 4.15. The van der Waals surface area contributed by atoms with Crippen molar-refractivity contribution >= 4 is 5.52 Å². The van der Waals surface area contributed by atoms with Crippen LogP contribution in [0.5, 0.6) is 0 Å². The first kappa shape index (κ1) is 18.3. The molecule has 0 unspecified atom stereocenters. The summed E-state index contributed by atoms with van der Waals surface area (Å²) in [6, 6.07) is 6.90. The first-order valence-electron chi connectivity index (χ1n) is 7.75. The van der Waals surface area contributed by atoms with Crippen molar-refractivity contribution in [1.82, 2.24) is 9.61 Å². The molecule has 0 bridgehead atoms. The zero-order valence-corrected chi connectivity index (χ0v) is 13.8. The van der Waals surface area contributed by atoms with Gasteiger partial charge in [0, 0.05) is 17.3 Å². The molecule has 3 aromatic rings. The number of aromatic nitrogens is 2. The minimum Gasteiger partial charge on any atom is -0.240 e. The largest absolute Gasteiger partial charge is 0.458 e. The van der Waals surface area contributed by atoms with E-state index in [0.29, 0.717) is 11.6 Å². The number of halogens is 6. The Balaban J connectivity index is 2.04. The van der Waals surface area contributed by atoms with Gasteiger partial charge in [-0.15, -0.1) is 0 Å². The molecule has 0 aliphatic rings. The van der Waals surface area contributed by atoms with Crippen LogP contribution in [0.15, 0.2) is 42.6 Å². The molecule has 138 valence electrons. The quantitative estimate of drug-likeness (QED) is 0.522. The lowest BCUT2D eigenvalue weighted by atomic mass is 10.0. The molecule has 0 saturated heterocycles. The minimum atomic E-state index is -5.79. The number of fused-ring (bicyclic) bond motifs is 1. The zero-order chi connectivity index (χ0) is 19.3. The van der Waals surface area contributed by atoms with E-state index in [2.05, 4.69) is 5.10 Å². The van der Waals surface area contributed by atoms with Crippen LogP contribution in [0.2, 0.25) is 0 Å². The van der Waals surface area contributed by atoms with E-state index in [4.69, 9.17) is 0 Å². The summed E-state index contributed by atoms with van der Waals surface area (Å²) in [4.78, 5) is 0. The van der Waals surface area contributed by atoms with Crippen LogP contribution in [-0.2, 0) is 5.92 Å². The summed E-state index contributed by atoms with van der Waals surface area (Å²) < 4.78 is 79.7. The molecule has 2 aromatic heterocycles. The summed E-state index contributed by atoms with van der Waals surface area (Å²) >= 11 is 0. The molecule has 0 aliphatic heterocycles. The van der Waals surface area contributed by atoms with E-state index in [0.717, 1.165) is 11.6 Å². The molecule has 26 heavy (non-hydrogen) atoms. The van der Waals surface area contributed by atoms with E-state index in [9.17, 15) is 26.3 Å². The van der Waals surface area contributed by atoms with Gasteiger partial charge in [-0.2, -0.15) is 27.1 Å². The van der Waals surface area contributed by atoms with Crippen molar-refractivity contribution in [3.63, 3.8) is 0 Å². The number of alkyl halides is 5. The summed E-state index contributed by atoms with van der Waals surface area (Å²) in [6.45, 7) is 4.00. The molecule has 0 amide bonds. The second-order valence-corrected chi connectivity index (χ2v) is 6.28. The normalized spacial score (nSPS) is 13.0. The predicted octanol–water partition coefficient (Wildman–Crippen LogP) is 5.92. The van der Waals surface area contributed by atoms with Crippen molar-refractivity contribution in [3.05, 3.63) is 59.5 Å². The molecular formula is C18H14F6N2. The van der Waals surface area contributed by atoms with Gasteiger partial charge in [0.05, 0.1) is 11.2 Å². The summed E-state index contributed by atoms with van der Waals surface area (Å²) in [5.74, 6) is -6.06. The molecule has 0 fully saturated rings. The lowest BCUT2D eigenvalue weighted by Crippen LogP contribution is -2.33. The maximum Gasteiger partial charge on any atom is 0.458 e. The van der Waals surface area contributed by atoms with Gasteiger partial charge in [-0.1, -0.05) is 19.9 Å². The number of pyridine rings is 1. The van der Waals surface area contributed by atoms with Crippen molar-refractivity contribution in [1.29, 1.82) is 0 Å². The highest BCUT2D eigenvalue weighted by molar-refractivity contribution is 5.67. The monoisotopic (exact) mass is 372 g/mol. The second-order valence-electron chi connectivity index (χ2n) is 6.28. The molecule has 2 nitrogen and oxygen atoms in total. The number of benzene rings is 1. The Labute approximate surface area is 145 Å². The van der Waals surface area contributed by atoms with Gasteiger partial charge in [0.2, 0.25) is 0 Å². The second kappa shape index (κ2) is 6.03. The van der Waals surface area contributed by atoms with E-state index in [1.807, 2.05) is 26.0 Å². The molecule has 0 aliphatic carbocycles. The van der Waals surface area contributed by atoms with Gasteiger partial charge in [-0.05, 0) is 41.8 Å². The Bertz CT molecular complexity index is 956. The van der Waals surface area contributed by atoms with Crippen molar-refractivity contribution in [2.24, 2.45) is 0 Å². The van der Waals surface area contributed by atoms with Crippen LogP contribution in [0.25, 0.3) is 16.8 Å². The van der Waals surface area contributed by atoms with Crippen molar-refractivity contribution in [2.75, 3.05) is 0 Å². The van der Waals surface area contributed by atoms with Crippen LogP contribution >= 0.6 is 0 Å². The molecule has 1 aromatic carbocycles. The van der Waals surface area contributed by atoms with Crippen LogP contribution in [0.3, 0.4) is 0 Å². The Morgan fingerprint density at radius 1 is 0.962 bits per heavy atom. The van der Waals surface area contributed by atoms with E-state index in [1.54, 1.807) is 12.3 Å². The molecule has 8 heteroatoms. The van der Waals surface area contributed by atoms with Crippen LogP contribution in [0, 0.1) is 5.82 Å². The van der Waals surface area contributed by atoms with Crippen LogP contribution in [0.1, 0.15) is 30.9 Å². The van der Waals surface area contributed by atoms with Gasteiger partial charge in [0.1, 0.15) is 5.82 Å². The Hall–Kier alpha value is -2.51. The van der Waals surface area contributed by atoms with E-state index < -0.39 is 23.5 Å². The molecule has 0 atom stereocenters. The van der Waals surface area contributed by atoms with Crippen molar-refractivity contribution in [2.45, 2.75) is 31.9 Å². The van der Waals surface area contributed by atoms with E-state index >= 15 is 0 Å². The molecule has 0 N–H and O–H groups in total. The maximum absolute atomic E-state index is 14.2.